The van der Waals surface area contributed by atoms with Crippen molar-refractivity contribution in [2.45, 2.75) is 25.6 Å². The van der Waals surface area contributed by atoms with Crippen molar-refractivity contribution in [1.29, 1.82) is 0 Å². The van der Waals surface area contributed by atoms with E-state index in [4.69, 9.17) is 16.6 Å². The van der Waals surface area contributed by atoms with Gasteiger partial charge < -0.3 is 4.90 Å². The van der Waals surface area contributed by atoms with Gasteiger partial charge in [-0.1, -0.05) is 24.6 Å². The number of benzene rings is 2. The summed E-state index contributed by atoms with van der Waals surface area (Å²) in [4.78, 5) is 7.06. The first-order valence-electron chi connectivity index (χ1n) is 10.2. The first kappa shape index (κ1) is 21.8. The Balaban J connectivity index is 1.98. The van der Waals surface area contributed by atoms with Gasteiger partial charge in [0, 0.05) is 47.3 Å². The summed E-state index contributed by atoms with van der Waals surface area (Å²) in [5, 5.41) is 0.385. The fourth-order valence-corrected chi connectivity index (χ4v) is 5.20. The topological polar surface area (TPSA) is 49.7 Å². The molecule has 2 heterocycles. The van der Waals surface area contributed by atoms with Crippen molar-refractivity contribution >= 4 is 32.7 Å². The van der Waals surface area contributed by atoms with Crippen LogP contribution in [0.25, 0.3) is 5.57 Å². The summed E-state index contributed by atoms with van der Waals surface area (Å²) in [6.07, 6.45) is 4.22. The van der Waals surface area contributed by atoms with E-state index in [1.54, 1.807) is 25.1 Å². The maximum atomic E-state index is 13.6. The van der Waals surface area contributed by atoms with Gasteiger partial charge in [0.25, 0.3) is 0 Å². The van der Waals surface area contributed by atoms with Crippen LogP contribution < -0.4 is 0 Å². The number of hydrogen-bond acceptors (Lipinski definition) is 4. The van der Waals surface area contributed by atoms with Crippen molar-refractivity contribution in [2.24, 2.45) is 4.99 Å². The molecule has 2 aromatic rings. The number of aliphatic imine (C=N–C) groups is 1. The van der Waals surface area contributed by atoms with Gasteiger partial charge in [-0.15, -0.1) is 0 Å². The summed E-state index contributed by atoms with van der Waals surface area (Å²) in [6.45, 7) is 4.43. The zero-order chi connectivity index (χ0) is 22.3. The molecular weight excluding hydrogens is 435 g/mol. The molecule has 0 fully saturated rings. The molecule has 0 saturated carbocycles. The Kier molecular flexibility index (Phi) is 5.79. The van der Waals surface area contributed by atoms with Gasteiger partial charge in [-0.05, 0) is 60.0 Å². The highest BCUT2D eigenvalue weighted by Crippen LogP contribution is 2.39. The molecule has 0 bridgehead atoms. The molecule has 0 N–H and O–H groups in total. The van der Waals surface area contributed by atoms with Crippen LogP contribution >= 0.6 is 11.6 Å². The minimum Gasteiger partial charge on any atom is -0.376 e. The Morgan fingerprint density at radius 2 is 1.90 bits per heavy atom. The lowest BCUT2D eigenvalue weighted by Gasteiger charge is -2.25. The lowest BCUT2D eigenvalue weighted by atomic mass is 9.88. The van der Waals surface area contributed by atoms with Gasteiger partial charge in [0.15, 0.2) is 9.84 Å². The molecule has 0 spiro atoms. The van der Waals surface area contributed by atoms with E-state index in [2.05, 4.69) is 17.2 Å². The maximum Gasteiger partial charge on any atom is 0.154 e. The summed E-state index contributed by atoms with van der Waals surface area (Å²) in [5.41, 5.74) is 5.86. The molecule has 162 valence electrons. The molecule has 1 atom stereocenters. The SMILES string of the molecule is CCS(=O)(=O)Cc1cc2c(cc1Cl)C(c1ccc(F)cc1)=N[C@@H](C)C1=CCN(C)C=C12. The number of rotatable bonds is 4. The lowest BCUT2D eigenvalue weighted by molar-refractivity contribution is 0.503. The van der Waals surface area contributed by atoms with Gasteiger partial charge in [-0.2, -0.15) is 0 Å². The van der Waals surface area contributed by atoms with Gasteiger partial charge in [0.2, 0.25) is 0 Å². The first-order chi connectivity index (χ1) is 14.7. The van der Waals surface area contributed by atoms with Crippen LogP contribution in [-0.4, -0.2) is 44.4 Å². The summed E-state index contributed by atoms with van der Waals surface area (Å²) in [7, 11) is -1.26. The van der Waals surface area contributed by atoms with Gasteiger partial charge in [-0.3, -0.25) is 4.99 Å². The van der Waals surface area contributed by atoms with Crippen molar-refractivity contribution in [2.75, 3.05) is 19.3 Å². The van der Waals surface area contributed by atoms with E-state index >= 15 is 0 Å². The second-order valence-electron chi connectivity index (χ2n) is 7.97. The molecule has 7 heteroatoms. The van der Waals surface area contributed by atoms with Crippen LogP contribution in [0.4, 0.5) is 4.39 Å². The van der Waals surface area contributed by atoms with Crippen LogP contribution in [0.1, 0.15) is 36.1 Å². The van der Waals surface area contributed by atoms with Crippen molar-refractivity contribution in [3.8, 4) is 0 Å². The summed E-state index contributed by atoms with van der Waals surface area (Å²) >= 11 is 6.57. The van der Waals surface area contributed by atoms with Gasteiger partial charge in [0.1, 0.15) is 5.82 Å². The predicted octanol–water partition coefficient (Wildman–Crippen LogP) is 4.87. The molecule has 2 aromatic carbocycles. The quantitative estimate of drug-likeness (QED) is 0.657. The highest BCUT2D eigenvalue weighted by atomic mass is 35.5. The molecule has 0 unspecified atom stereocenters. The van der Waals surface area contributed by atoms with E-state index in [9.17, 15) is 12.8 Å². The highest BCUT2D eigenvalue weighted by Gasteiger charge is 2.28. The standard InChI is InChI=1S/C24H24ClFN2O2S/c1-4-31(29,30)14-17-11-20-21(12-23(17)25)24(16-5-7-18(26)8-6-16)27-15(2)19-9-10-28(3)13-22(19)20/h5-9,11-13,15H,4,10,14H2,1-3H3/t15-/m0/s1. The van der Waals surface area contributed by atoms with E-state index < -0.39 is 9.84 Å². The number of sulfone groups is 1. The van der Waals surface area contributed by atoms with Crippen molar-refractivity contribution in [3.05, 3.63) is 87.3 Å². The Bertz CT molecular complexity index is 1230. The number of nitrogens with zero attached hydrogens (tertiary/aromatic N) is 2. The van der Waals surface area contributed by atoms with E-state index in [1.807, 2.05) is 20.0 Å². The third-order valence-corrected chi connectivity index (χ3v) is 7.68. The summed E-state index contributed by atoms with van der Waals surface area (Å²) < 4.78 is 38.2. The number of hydrogen-bond donors (Lipinski definition) is 0. The van der Waals surface area contributed by atoms with Crippen molar-refractivity contribution in [1.82, 2.24) is 4.90 Å². The molecule has 0 aliphatic carbocycles. The minimum absolute atomic E-state index is 0.0519. The third kappa shape index (κ3) is 4.32. The second kappa shape index (κ2) is 8.24. The van der Waals surface area contributed by atoms with Crippen LogP contribution in [0.15, 0.2) is 59.2 Å². The Labute approximate surface area is 187 Å². The summed E-state index contributed by atoms with van der Waals surface area (Å²) in [6, 6.07) is 9.79. The zero-order valence-electron chi connectivity index (χ0n) is 17.7. The lowest BCUT2D eigenvalue weighted by Crippen LogP contribution is -2.19. The number of fused-ring (bicyclic) bond motifs is 3. The highest BCUT2D eigenvalue weighted by molar-refractivity contribution is 7.90. The molecule has 0 amide bonds. The molecule has 0 radical (unpaired) electrons. The monoisotopic (exact) mass is 458 g/mol. The molecule has 0 aromatic heterocycles. The van der Waals surface area contributed by atoms with Crippen LogP contribution in [0.5, 0.6) is 0 Å². The predicted molar refractivity (Wildman–Crippen MR) is 125 cm³/mol. The smallest absolute Gasteiger partial charge is 0.154 e. The van der Waals surface area contributed by atoms with E-state index in [-0.39, 0.29) is 23.4 Å². The molecule has 31 heavy (non-hydrogen) atoms. The normalized spacial score (nSPS) is 18.4. The van der Waals surface area contributed by atoms with Crippen molar-refractivity contribution < 1.29 is 12.8 Å². The Morgan fingerprint density at radius 1 is 1.19 bits per heavy atom. The molecule has 4 rings (SSSR count). The first-order valence-corrected chi connectivity index (χ1v) is 12.4. The van der Waals surface area contributed by atoms with Crippen LogP contribution in [-0.2, 0) is 15.6 Å². The van der Waals surface area contributed by atoms with E-state index in [0.29, 0.717) is 16.3 Å². The van der Waals surface area contributed by atoms with Crippen LogP contribution in [0.2, 0.25) is 5.02 Å². The van der Waals surface area contributed by atoms with Crippen LogP contribution in [0.3, 0.4) is 0 Å². The van der Waals surface area contributed by atoms with Gasteiger partial charge in [-0.25, -0.2) is 12.8 Å². The third-order valence-electron chi connectivity index (χ3n) is 5.70. The largest absolute Gasteiger partial charge is 0.376 e. The fraction of sp³-hybridized carbons (Fsp3) is 0.292. The van der Waals surface area contributed by atoms with Crippen molar-refractivity contribution in [3.63, 3.8) is 0 Å². The molecule has 0 saturated heterocycles. The average molecular weight is 459 g/mol. The van der Waals surface area contributed by atoms with Gasteiger partial charge >= 0.3 is 0 Å². The Morgan fingerprint density at radius 3 is 2.58 bits per heavy atom. The molecular formula is C24H24ClFN2O2S. The summed E-state index contributed by atoms with van der Waals surface area (Å²) in [5.74, 6) is -0.378. The fourth-order valence-electron chi connectivity index (χ4n) is 3.98. The van der Waals surface area contributed by atoms with E-state index in [1.165, 1.54) is 12.1 Å². The van der Waals surface area contributed by atoms with Crippen LogP contribution in [0, 0.1) is 5.82 Å². The average Bonchev–Trinajstić information content (AvgIpc) is 2.84. The minimum atomic E-state index is -3.25. The Hall–Kier alpha value is -2.44. The zero-order valence-corrected chi connectivity index (χ0v) is 19.3. The van der Waals surface area contributed by atoms with E-state index in [0.717, 1.165) is 34.4 Å². The molecule has 4 nitrogen and oxygen atoms in total. The maximum absolute atomic E-state index is 13.6. The van der Waals surface area contributed by atoms with Gasteiger partial charge in [0.05, 0.1) is 17.5 Å². The number of halogens is 2. The molecule has 2 aliphatic heterocycles. The molecule has 2 aliphatic rings. The second-order valence-corrected chi connectivity index (χ2v) is 10.7. The number of likely N-dealkylation sites (N-methyl/N-ethyl adjacent to an activating group) is 1.